The lowest BCUT2D eigenvalue weighted by Crippen LogP contribution is -2.14. The van der Waals surface area contributed by atoms with Gasteiger partial charge in [-0.2, -0.15) is 0 Å². The topological polar surface area (TPSA) is 79.9 Å². The lowest BCUT2D eigenvalue weighted by Gasteiger charge is -2.09. The molecule has 2 N–H and O–H groups in total. The van der Waals surface area contributed by atoms with Crippen LogP contribution in [-0.4, -0.2) is 34.0 Å². The van der Waals surface area contributed by atoms with E-state index in [1.54, 1.807) is 18.2 Å². The van der Waals surface area contributed by atoms with Crippen molar-refractivity contribution in [1.82, 2.24) is 15.2 Å². The third-order valence-corrected chi connectivity index (χ3v) is 4.61. The summed E-state index contributed by atoms with van der Waals surface area (Å²) in [7, 11) is 1.54. The maximum Gasteiger partial charge on any atom is 0.234 e. The summed E-state index contributed by atoms with van der Waals surface area (Å²) in [6.07, 6.45) is 0. The number of aromatic nitrogens is 3. The van der Waals surface area contributed by atoms with Gasteiger partial charge in [-0.25, -0.2) is 4.98 Å². The fraction of sp³-hybridized carbons (Fsp3) is 0.167. The number of methoxy groups -OCH3 is 1. The molecule has 0 saturated heterocycles. The highest BCUT2D eigenvalue weighted by molar-refractivity contribution is 7.99. The largest absolute Gasteiger partial charge is 0.495 e. The number of anilines is 1. The zero-order valence-corrected chi connectivity index (χ0v) is 15.8. The number of amides is 1. The molecule has 134 valence electrons. The first kappa shape index (κ1) is 18.3. The monoisotopic (exact) mass is 388 g/mol. The van der Waals surface area contributed by atoms with Crippen molar-refractivity contribution in [2.45, 2.75) is 12.1 Å². The molecular formula is C18H17ClN4O2S. The summed E-state index contributed by atoms with van der Waals surface area (Å²) in [5.74, 6) is 1.19. The summed E-state index contributed by atoms with van der Waals surface area (Å²) in [5.41, 5.74) is 2.63. The first-order valence-electron chi connectivity index (χ1n) is 7.81. The van der Waals surface area contributed by atoms with E-state index < -0.39 is 0 Å². The molecule has 6 nitrogen and oxygen atoms in total. The normalized spacial score (nSPS) is 10.6. The quantitative estimate of drug-likeness (QED) is 0.619. The van der Waals surface area contributed by atoms with Crippen LogP contribution in [-0.2, 0) is 4.79 Å². The highest BCUT2D eigenvalue weighted by Crippen LogP contribution is 2.28. The van der Waals surface area contributed by atoms with Gasteiger partial charge < -0.3 is 10.1 Å². The molecule has 0 fully saturated rings. The molecule has 0 atom stereocenters. The van der Waals surface area contributed by atoms with Gasteiger partial charge >= 0.3 is 0 Å². The Balaban J connectivity index is 1.61. The number of nitrogens with one attached hydrogen (secondary N) is 2. The summed E-state index contributed by atoms with van der Waals surface area (Å²) < 4.78 is 5.22. The van der Waals surface area contributed by atoms with Crippen LogP contribution in [0.5, 0.6) is 5.75 Å². The number of hydrogen-bond donors (Lipinski definition) is 2. The number of aromatic amines is 1. The van der Waals surface area contributed by atoms with E-state index >= 15 is 0 Å². The van der Waals surface area contributed by atoms with Gasteiger partial charge in [-0.1, -0.05) is 47.1 Å². The van der Waals surface area contributed by atoms with Crippen molar-refractivity contribution in [3.63, 3.8) is 0 Å². The minimum absolute atomic E-state index is 0.167. The van der Waals surface area contributed by atoms with Gasteiger partial charge in [-0.3, -0.25) is 9.89 Å². The number of rotatable bonds is 6. The molecule has 0 aliphatic rings. The Labute approximate surface area is 160 Å². The van der Waals surface area contributed by atoms with E-state index in [1.165, 1.54) is 18.9 Å². The highest BCUT2D eigenvalue weighted by atomic mass is 35.5. The fourth-order valence-corrected chi connectivity index (χ4v) is 3.10. The summed E-state index contributed by atoms with van der Waals surface area (Å²) in [6, 6.07) is 13.0. The number of carbonyl (C=O) groups is 1. The zero-order valence-electron chi connectivity index (χ0n) is 14.2. The van der Waals surface area contributed by atoms with E-state index in [9.17, 15) is 4.79 Å². The molecule has 1 aromatic heterocycles. The summed E-state index contributed by atoms with van der Waals surface area (Å²) in [6.45, 7) is 2.02. The van der Waals surface area contributed by atoms with Crippen LogP contribution in [0.3, 0.4) is 0 Å². The number of aryl methyl sites for hydroxylation is 1. The number of ether oxygens (including phenoxy) is 1. The van der Waals surface area contributed by atoms with Gasteiger partial charge in [0.1, 0.15) is 5.75 Å². The Morgan fingerprint density at radius 3 is 2.92 bits per heavy atom. The molecule has 0 radical (unpaired) electrons. The van der Waals surface area contributed by atoms with Gasteiger partial charge in [0.2, 0.25) is 11.1 Å². The van der Waals surface area contributed by atoms with E-state index in [2.05, 4.69) is 20.5 Å². The molecule has 1 amide bonds. The first-order valence-corrected chi connectivity index (χ1v) is 9.17. The molecule has 0 aliphatic heterocycles. The lowest BCUT2D eigenvalue weighted by molar-refractivity contribution is -0.113. The van der Waals surface area contributed by atoms with Crippen molar-refractivity contribution >= 4 is 35.0 Å². The van der Waals surface area contributed by atoms with Gasteiger partial charge in [0.05, 0.1) is 18.6 Å². The third-order valence-electron chi connectivity index (χ3n) is 3.52. The predicted octanol–water partition coefficient (Wildman–Crippen LogP) is 4.17. The fourth-order valence-electron chi connectivity index (χ4n) is 2.33. The molecule has 0 unspecified atom stereocenters. The third kappa shape index (κ3) is 4.56. The molecule has 0 spiro atoms. The molecule has 2 aromatic carbocycles. The smallest absolute Gasteiger partial charge is 0.234 e. The van der Waals surface area contributed by atoms with Crippen molar-refractivity contribution in [3.8, 4) is 17.1 Å². The Morgan fingerprint density at radius 1 is 1.31 bits per heavy atom. The molecule has 3 aromatic rings. The average molecular weight is 389 g/mol. The van der Waals surface area contributed by atoms with Crippen LogP contribution < -0.4 is 10.1 Å². The molecule has 8 heteroatoms. The molecular weight excluding hydrogens is 372 g/mol. The van der Waals surface area contributed by atoms with Crippen molar-refractivity contribution in [2.75, 3.05) is 18.2 Å². The molecule has 0 aliphatic carbocycles. The number of thioether (sulfide) groups is 1. The molecule has 0 bridgehead atoms. The number of halogens is 1. The molecule has 1 heterocycles. The number of nitrogens with zero attached hydrogens (tertiary/aromatic N) is 2. The van der Waals surface area contributed by atoms with Gasteiger partial charge in [-0.05, 0) is 31.2 Å². The second kappa shape index (κ2) is 8.25. The van der Waals surface area contributed by atoms with Crippen molar-refractivity contribution in [1.29, 1.82) is 0 Å². The first-order chi connectivity index (χ1) is 12.5. The van der Waals surface area contributed by atoms with Gasteiger partial charge in [0.25, 0.3) is 0 Å². The van der Waals surface area contributed by atoms with Gasteiger partial charge in [0.15, 0.2) is 5.82 Å². The second-order valence-electron chi connectivity index (χ2n) is 5.52. The van der Waals surface area contributed by atoms with E-state index in [0.29, 0.717) is 27.4 Å². The van der Waals surface area contributed by atoms with E-state index in [0.717, 1.165) is 11.1 Å². The van der Waals surface area contributed by atoms with E-state index in [-0.39, 0.29) is 11.7 Å². The van der Waals surface area contributed by atoms with Crippen LogP contribution in [0.1, 0.15) is 5.56 Å². The van der Waals surface area contributed by atoms with Gasteiger partial charge in [0, 0.05) is 10.6 Å². The van der Waals surface area contributed by atoms with Crippen molar-refractivity contribution < 1.29 is 9.53 Å². The maximum absolute atomic E-state index is 12.2. The average Bonchev–Trinajstić information content (AvgIpc) is 3.09. The van der Waals surface area contributed by atoms with Crippen LogP contribution >= 0.6 is 23.4 Å². The molecule has 0 saturated carbocycles. The summed E-state index contributed by atoms with van der Waals surface area (Å²) in [4.78, 5) is 16.6. The van der Waals surface area contributed by atoms with Gasteiger partial charge in [-0.15, -0.1) is 5.10 Å². The number of hydrogen-bond acceptors (Lipinski definition) is 5. The lowest BCUT2D eigenvalue weighted by atomic mass is 10.1. The summed E-state index contributed by atoms with van der Waals surface area (Å²) in [5, 5.41) is 10.9. The van der Waals surface area contributed by atoms with E-state index in [1.807, 2.05) is 31.2 Å². The van der Waals surface area contributed by atoms with Crippen LogP contribution in [0.25, 0.3) is 11.4 Å². The zero-order chi connectivity index (χ0) is 18.5. The molecule has 26 heavy (non-hydrogen) atoms. The highest BCUT2D eigenvalue weighted by Gasteiger charge is 2.11. The Bertz CT molecular complexity index is 929. The maximum atomic E-state index is 12.2. The standard InChI is InChI=1S/C18H17ClN4O2S/c1-11-4-3-5-12(8-11)17-21-18(23-22-17)26-10-16(24)20-14-9-13(19)6-7-15(14)25-2/h3-9H,10H2,1-2H3,(H,20,24)(H,21,22,23). The van der Waals surface area contributed by atoms with Crippen LogP contribution in [0, 0.1) is 6.92 Å². The number of carbonyl (C=O) groups excluding carboxylic acids is 1. The minimum Gasteiger partial charge on any atom is -0.495 e. The molecule has 3 rings (SSSR count). The van der Waals surface area contributed by atoms with Crippen LogP contribution in [0.4, 0.5) is 5.69 Å². The summed E-state index contributed by atoms with van der Waals surface area (Å²) >= 11 is 7.21. The SMILES string of the molecule is COc1ccc(Cl)cc1NC(=O)CSc1n[nH]c(-c2cccc(C)c2)n1. The van der Waals surface area contributed by atoms with Crippen molar-refractivity contribution in [3.05, 3.63) is 53.1 Å². The van der Waals surface area contributed by atoms with Crippen LogP contribution in [0.2, 0.25) is 5.02 Å². The minimum atomic E-state index is -0.197. The number of benzene rings is 2. The number of H-pyrrole nitrogens is 1. The van der Waals surface area contributed by atoms with E-state index in [4.69, 9.17) is 16.3 Å². The Morgan fingerprint density at radius 2 is 2.15 bits per heavy atom. The Hall–Kier alpha value is -2.51. The second-order valence-corrected chi connectivity index (χ2v) is 6.90. The van der Waals surface area contributed by atoms with Crippen molar-refractivity contribution in [2.24, 2.45) is 0 Å². The van der Waals surface area contributed by atoms with Crippen LogP contribution in [0.15, 0.2) is 47.6 Å². The predicted molar refractivity (Wildman–Crippen MR) is 104 cm³/mol. The Kier molecular flexibility index (Phi) is 5.80.